The zero-order chi connectivity index (χ0) is 19.4. The van der Waals surface area contributed by atoms with Crippen LogP contribution in [-0.2, 0) is 4.74 Å². The number of ether oxygens (including phenoxy) is 1. The maximum atomic E-state index is 12.5. The van der Waals surface area contributed by atoms with Crippen LogP contribution in [-0.4, -0.2) is 50.2 Å². The number of amides is 2. The number of anilines is 2. The van der Waals surface area contributed by atoms with Gasteiger partial charge in [0.1, 0.15) is 0 Å². The molecule has 1 aliphatic rings. The summed E-state index contributed by atoms with van der Waals surface area (Å²) in [6, 6.07) is 12.4. The number of carbonyl (C=O) groups excluding carboxylic acids is 2. The predicted octanol–water partition coefficient (Wildman–Crippen LogP) is 3.79. The first kappa shape index (κ1) is 19.0. The smallest absolute Gasteiger partial charge is 0.337 e. The van der Waals surface area contributed by atoms with Crippen molar-refractivity contribution in [3.8, 4) is 0 Å². The summed E-state index contributed by atoms with van der Waals surface area (Å²) in [5.41, 5.74) is 3.26. The zero-order valence-electron chi connectivity index (χ0n) is 15.4. The van der Waals surface area contributed by atoms with Gasteiger partial charge in [-0.2, -0.15) is 0 Å². The van der Waals surface area contributed by atoms with Crippen molar-refractivity contribution in [1.29, 1.82) is 0 Å². The van der Waals surface area contributed by atoms with Crippen molar-refractivity contribution in [2.45, 2.75) is 6.92 Å². The molecule has 7 heteroatoms. The third-order valence-corrected chi connectivity index (χ3v) is 5.11. The number of halogens is 1. The van der Waals surface area contributed by atoms with Crippen molar-refractivity contribution in [2.75, 3.05) is 43.5 Å². The number of hydrogen-bond acceptors (Lipinski definition) is 4. The van der Waals surface area contributed by atoms with Gasteiger partial charge in [-0.25, -0.2) is 9.59 Å². The summed E-state index contributed by atoms with van der Waals surface area (Å²) in [7, 11) is 1.34. The van der Waals surface area contributed by atoms with Crippen LogP contribution in [0.1, 0.15) is 15.9 Å². The normalized spacial score (nSPS) is 14.0. The molecule has 2 aromatic carbocycles. The van der Waals surface area contributed by atoms with Crippen molar-refractivity contribution in [2.24, 2.45) is 0 Å². The Labute approximate surface area is 163 Å². The van der Waals surface area contributed by atoms with E-state index in [2.05, 4.69) is 21.0 Å². The van der Waals surface area contributed by atoms with Crippen LogP contribution in [0.25, 0.3) is 0 Å². The molecular formula is C20H22ClN3O3. The van der Waals surface area contributed by atoms with E-state index < -0.39 is 5.97 Å². The van der Waals surface area contributed by atoms with Crippen LogP contribution in [0, 0.1) is 6.92 Å². The van der Waals surface area contributed by atoms with E-state index in [-0.39, 0.29) is 6.03 Å². The first-order chi connectivity index (χ1) is 13.0. The highest BCUT2D eigenvalue weighted by atomic mass is 35.5. The number of nitrogens with zero attached hydrogens (tertiary/aromatic N) is 2. The van der Waals surface area contributed by atoms with Crippen molar-refractivity contribution in [3.63, 3.8) is 0 Å². The number of benzene rings is 2. The van der Waals surface area contributed by atoms with Crippen LogP contribution in [0.2, 0.25) is 5.02 Å². The van der Waals surface area contributed by atoms with Crippen molar-refractivity contribution < 1.29 is 14.3 Å². The molecule has 1 fully saturated rings. The van der Waals surface area contributed by atoms with Gasteiger partial charge in [-0.3, -0.25) is 0 Å². The Morgan fingerprint density at radius 3 is 2.33 bits per heavy atom. The van der Waals surface area contributed by atoms with Crippen LogP contribution >= 0.6 is 11.6 Å². The average Bonchev–Trinajstić information content (AvgIpc) is 2.70. The molecule has 1 heterocycles. The Bertz CT molecular complexity index is 831. The number of urea groups is 1. The number of piperazine rings is 1. The van der Waals surface area contributed by atoms with E-state index in [1.165, 1.54) is 7.11 Å². The Morgan fingerprint density at radius 1 is 1.04 bits per heavy atom. The van der Waals surface area contributed by atoms with Gasteiger partial charge in [0.2, 0.25) is 0 Å². The molecule has 3 rings (SSSR count). The minimum atomic E-state index is -0.402. The second-order valence-electron chi connectivity index (χ2n) is 6.36. The first-order valence-electron chi connectivity index (χ1n) is 8.74. The molecule has 0 saturated carbocycles. The van der Waals surface area contributed by atoms with E-state index in [0.717, 1.165) is 29.4 Å². The number of hydrogen-bond donors (Lipinski definition) is 1. The number of esters is 1. The molecule has 0 bridgehead atoms. The minimum Gasteiger partial charge on any atom is -0.465 e. The van der Waals surface area contributed by atoms with E-state index in [1.807, 2.05) is 19.1 Å². The van der Waals surface area contributed by atoms with Crippen molar-refractivity contribution in [3.05, 3.63) is 58.6 Å². The van der Waals surface area contributed by atoms with Crippen LogP contribution in [0.15, 0.2) is 42.5 Å². The van der Waals surface area contributed by atoms with Gasteiger partial charge in [-0.05, 0) is 48.9 Å². The number of carbonyl (C=O) groups is 2. The van der Waals surface area contributed by atoms with E-state index in [0.29, 0.717) is 24.3 Å². The fourth-order valence-corrected chi connectivity index (χ4v) is 3.27. The standard InChI is InChI=1S/C20H22ClN3O3/c1-14-17(21)4-3-5-18(14)23-10-12-24(13-11-23)20(26)22-16-8-6-15(7-9-16)19(25)27-2/h3-9H,10-13H2,1-2H3,(H,22,26). The fraction of sp³-hybridized carbons (Fsp3) is 0.300. The molecule has 1 saturated heterocycles. The first-order valence-corrected chi connectivity index (χ1v) is 9.12. The van der Waals surface area contributed by atoms with Gasteiger partial charge < -0.3 is 19.9 Å². The van der Waals surface area contributed by atoms with E-state index in [4.69, 9.17) is 11.6 Å². The molecule has 0 spiro atoms. The van der Waals surface area contributed by atoms with Crippen molar-refractivity contribution in [1.82, 2.24) is 4.90 Å². The van der Waals surface area contributed by atoms with Gasteiger partial charge in [0.15, 0.2) is 0 Å². The minimum absolute atomic E-state index is 0.150. The summed E-state index contributed by atoms with van der Waals surface area (Å²) in [4.78, 5) is 28.0. The second-order valence-corrected chi connectivity index (χ2v) is 6.76. The topological polar surface area (TPSA) is 61.9 Å². The van der Waals surface area contributed by atoms with Gasteiger partial charge in [0, 0.05) is 42.6 Å². The molecule has 2 aromatic rings. The Kier molecular flexibility index (Phi) is 5.86. The quantitative estimate of drug-likeness (QED) is 0.814. The second kappa shape index (κ2) is 8.31. The molecule has 1 aliphatic heterocycles. The van der Waals surface area contributed by atoms with E-state index in [9.17, 15) is 9.59 Å². The van der Waals surface area contributed by atoms with Crippen molar-refractivity contribution >= 4 is 35.0 Å². The highest BCUT2D eigenvalue weighted by Gasteiger charge is 2.22. The zero-order valence-corrected chi connectivity index (χ0v) is 16.1. The predicted molar refractivity (Wildman–Crippen MR) is 107 cm³/mol. The van der Waals surface area contributed by atoms with Gasteiger partial charge in [0.05, 0.1) is 12.7 Å². The van der Waals surface area contributed by atoms with Crippen LogP contribution in [0.4, 0.5) is 16.2 Å². The molecule has 2 amide bonds. The number of rotatable bonds is 3. The summed E-state index contributed by atoms with van der Waals surface area (Å²) < 4.78 is 4.67. The van der Waals surface area contributed by atoms with Crippen LogP contribution in [0.5, 0.6) is 0 Å². The summed E-state index contributed by atoms with van der Waals surface area (Å²) in [6.07, 6.45) is 0. The maximum absolute atomic E-state index is 12.5. The Morgan fingerprint density at radius 2 is 1.70 bits per heavy atom. The molecule has 27 heavy (non-hydrogen) atoms. The Balaban J connectivity index is 1.57. The highest BCUT2D eigenvalue weighted by Crippen LogP contribution is 2.27. The molecule has 0 aliphatic carbocycles. The summed E-state index contributed by atoms with van der Waals surface area (Å²) >= 11 is 6.21. The van der Waals surface area contributed by atoms with Crippen LogP contribution < -0.4 is 10.2 Å². The van der Waals surface area contributed by atoms with Gasteiger partial charge in [0.25, 0.3) is 0 Å². The highest BCUT2D eigenvalue weighted by molar-refractivity contribution is 6.31. The molecular weight excluding hydrogens is 366 g/mol. The average molecular weight is 388 g/mol. The Hall–Kier alpha value is -2.73. The molecule has 0 radical (unpaired) electrons. The maximum Gasteiger partial charge on any atom is 0.337 e. The molecule has 6 nitrogen and oxygen atoms in total. The summed E-state index contributed by atoms with van der Waals surface area (Å²) in [6.45, 7) is 4.75. The van der Waals surface area contributed by atoms with Gasteiger partial charge >= 0.3 is 12.0 Å². The third-order valence-electron chi connectivity index (χ3n) is 4.70. The molecule has 0 unspecified atom stereocenters. The largest absolute Gasteiger partial charge is 0.465 e. The van der Waals surface area contributed by atoms with Crippen LogP contribution in [0.3, 0.4) is 0 Å². The van der Waals surface area contributed by atoms with E-state index >= 15 is 0 Å². The lowest BCUT2D eigenvalue weighted by molar-refractivity contribution is 0.0600. The number of nitrogens with one attached hydrogen (secondary N) is 1. The summed E-state index contributed by atoms with van der Waals surface area (Å²) in [5.74, 6) is -0.402. The molecule has 0 aromatic heterocycles. The molecule has 1 N–H and O–H groups in total. The van der Waals surface area contributed by atoms with Gasteiger partial charge in [-0.15, -0.1) is 0 Å². The van der Waals surface area contributed by atoms with Gasteiger partial charge in [-0.1, -0.05) is 17.7 Å². The molecule has 0 atom stereocenters. The lowest BCUT2D eigenvalue weighted by Crippen LogP contribution is -2.50. The SMILES string of the molecule is COC(=O)c1ccc(NC(=O)N2CCN(c3cccc(Cl)c3C)CC2)cc1. The lowest BCUT2D eigenvalue weighted by atomic mass is 10.1. The molecule has 142 valence electrons. The third kappa shape index (κ3) is 4.34. The monoisotopic (exact) mass is 387 g/mol. The fourth-order valence-electron chi connectivity index (χ4n) is 3.10. The number of methoxy groups -OCH3 is 1. The van der Waals surface area contributed by atoms with E-state index in [1.54, 1.807) is 29.2 Å². The lowest BCUT2D eigenvalue weighted by Gasteiger charge is -2.36. The summed E-state index contributed by atoms with van der Waals surface area (Å²) in [5, 5.41) is 3.62.